The van der Waals surface area contributed by atoms with Gasteiger partial charge < -0.3 is 10.2 Å². The molecule has 0 saturated heterocycles. The first kappa shape index (κ1) is 28.0. The lowest BCUT2D eigenvalue weighted by Crippen LogP contribution is -1.95. The highest BCUT2D eigenvalue weighted by Crippen LogP contribution is 2.15. The van der Waals surface area contributed by atoms with Crippen LogP contribution in [-0.4, -0.2) is 16.2 Å². The maximum Gasteiger partial charge on any atom is 0.303 e. The number of carbonyl (C=O) groups is 1. The van der Waals surface area contributed by atoms with Crippen LogP contribution in [0.15, 0.2) is 11.8 Å². The summed E-state index contributed by atoms with van der Waals surface area (Å²) in [4.78, 5) is 10.4. The number of aliphatic hydroxyl groups is 1. The predicted molar refractivity (Wildman–Crippen MR) is 126 cm³/mol. The molecule has 0 aliphatic rings. The molecular formula is C26H50O3. The van der Waals surface area contributed by atoms with Crippen molar-refractivity contribution in [2.45, 2.75) is 148 Å². The van der Waals surface area contributed by atoms with Gasteiger partial charge in [0.2, 0.25) is 0 Å². The zero-order chi connectivity index (χ0) is 21.4. The molecule has 0 rings (SSSR count). The van der Waals surface area contributed by atoms with Gasteiger partial charge in [-0.05, 0) is 18.9 Å². The van der Waals surface area contributed by atoms with Crippen molar-refractivity contribution in [3.63, 3.8) is 0 Å². The zero-order valence-electron chi connectivity index (χ0n) is 19.4. The fourth-order valence-corrected chi connectivity index (χ4v) is 3.83. The molecule has 29 heavy (non-hydrogen) atoms. The second-order valence-corrected chi connectivity index (χ2v) is 8.74. The van der Waals surface area contributed by atoms with E-state index in [-0.39, 0.29) is 18.6 Å². The summed E-state index contributed by atoms with van der Waals surface area (Å²) < 4.78 is 0. The highest BCUT2D eigenvalue weighted by Gasteiger charge is 1.99. The van der Waals surface area contributed by atoms with Crippen LogP contribution in [0.3, 0.4) is 0 Å². The first-order valence-corrected chi connectivity index (χ1v) is 12.8. The minimum Gasteiger partial charge on any atom is -0.513 e. The summed E-state index contributed by atoms with van der Waals surface area (Å²) in [5, 5.41) is 18.1. The first-order valence-electron chi connectivity index (χ1n) is 12.8. The maximum absolute atomic E-state index is 10.4. The molecule has 0 aromatic carbocycles. The molecule has 0 atom stereocenters. The van der Waals surface area contributed by atoms with Crippen molar-refractivity contribution in [2.24, 2.45) is 0 Å². The van der Waals surface area contributed by atoms with Crippen LogP contribution in [0, 0.1) is 0 Å². The summed E-state index contributed by atoms with van der Waals surface area (Å²) in [5.41, 5.74) is 0. The molecule has 0 aliphatic heterocycles. The number of aliphatic hydroxyl groups excluding tert-OH is 1. The molecule has 2 N–H and O–H groups in total. The summed E-state index contributed by atoms with van der Waals surface area (Å²) >= 11 is 0. The molecule has 0 unspecified atom stereocenters. The van der Waals surface area contributed by atoms with Crippen LogP contribution in [-0.2, 0) is 4.79 Å². The molecule has 0 aromatic rings. The van der Waals surface area contributed by atoms with E-state index in [1.807, 2.05) is 0 Å². The maximum atomic E-state index is 10.4. The van der Waals surface area contributed by atoms with E-state index in [1.165, 1.54) is 116 Å². The lowest BCUT2D eigenvalue weighted by molar-refractivity contribution is -0.137. The lowest BCUT2D eigenvalue weighted by Gasteiger charge is -2.04. The Morgan fingerprint density at radius 3 is 1.24 bits per heavy atom. The molecule has 3 heteroatoms. The first-order chi connectivity index (χ1) is 14.2. The van der Waals surface area contributed by atoms with Gasteiger partial charge in [-0.3, -0.25) is 4.79 Å². The molecule has 0 radical (unpaired) electrons. The Morgan fingerprint density at radius 1 is 0.552 bits per heavy atom. The van der Waals surface area contributed by atoms with Crippen LogP contribution < -0.4 is 0 Å². The minimum atomic E-state index is -0.853. The average Bonchev–Trinajstić information content (AvgIpc) is 2.70. The van der Waals surface area contributed by atoms with E-state index in [0.717, 1.165) is 12.8 Å². The number of carboxylic acid groups (broad SMARTS) is 1. The van der Waals surface area contributed by atoms with Gasteiger partial charge in [0.1, 0.15) is 0 Å². The van der Waals surface area contributed by atoms with Gasteiger partial charge in [-0.1, -0.05) is 122 Å². The molecule has 0 amide bonds. The topological polar surface area (TPSA) is 57.5 Å². The monoisotopic (exact) mass is 410 g/mol. The molecule has 172 valence electrons. The quantitative estimate of drug-likeness (QED) is 0.130. The van der Waals surface area contributed by atoms with E-state index >= 15 is 0 Å². The van der Waals surface area contributed by atoms with Crippen molar-refractivity contribution in [3.8, 4) is 0 Å². The van der Waals surface area contributed by atoms with Crippen molar-refractivity contribution in [1.29, 1.82) is 0 Å². The molecule has 0 saturated carbocycles. The normalized spacial score (nSPS) is 11.8. The van der Waals surface area contributed by atoms with Crippen LogP contribution in [0.25, 0.3) is 0 Å². The van der Waals surface area contributed by atoms with Gasteiger partial charge in [0, 0.05) is 6.42 Å². The Bertz CT molecular complexity index is 376. The number of hydrogen-bond donors (Lipinski definition) is 2. The van der Waals surface area contributed by atoms with E-state index in [0.29, 0.717) is 0 Å². The fraction of sp³-hybridized carbons (Fsp3) is 0.885. The second kappa shape index (κ2) is 23.3. The third kappa shape index (κ3) is 25.0. The van der Waals surface area contributed by atoms with Crippen LogP contribution in [0.4, 0.5) is 0 Å². The average molecular weight is 411 g/mol. The molecule has 0 heterocycles. The Kier molecular flexibility index (Phi) is 22.5. The van der Waals surface area contributed by atoms with E-state index in [2.05, 4.69) is 6.92 Å². The molecule has 0 spiro atoms. The van der Waals surface area contributed by atoms with Gasteiger partial charge in [0.25, 0.3) is 0 Å². The van der Waals surface area contributed by atoms with Gasteiger partial charge >= 0.3 is 5.97 Å². The van der Waals surface area contributed by atoms with E-state index in [4.69, 9.17) is 5.11 Å². The number of aliphatic carboxylic acids is 1. The van der Waals surface area contributed by atoms with Crippen molar-refractivity contribution in [3.05, 3.63) is 11.8 Å². The second-order valence-electron chi connectivity index (χ2n) is 8.74. The predicted octanol–water partition coefficient (Wildman–Crippen LogP) is 9.12. The van der Waals surface area contributed by atoms with Crippen molar-refractivity contribution >= 4 is 5.97 Å². The molecule has 0 fully saturated rings. The summed E-state index contributed by atoms with van der Waals surface area (Å²) in [6.45, 7) is 2.28. The summed E-state index contributed by atoms with van der Waals surface area (Å²) in [6, 6.07) is 0. The zero-order valence-corrected chi connectivity index (χ0v) is 19.4. The standard InChI is InChI=1S/C26H50O3/c1-2-3-4-5-6-7-8-9-10-11-12-13-14-15-16-17-18-19-20-21-22-25(27)23-24-26(28)29/h22,27H,2-21,23-24H2,1H3,(H,28,29). The summed E-state index contributed by atoms with van der Waals surface area (Å²) in [6.07, 6.45) is 29.1. The van der Waals surface area contributed by atoms with Crippen molar-refractivity contribution in [2.75, 3.05) is 0 Å². The Labute approximate surface area is 181 Å². The Balaban J connectivity index is 3.13. The van der Waals surface area contributed by atoms with Gasteiger partial charge in [-0.2, -0.15) is 0 Å². The third-order valence-electron chi connectivity index (χ3n) is 5.78. The van der Waals surface area contributed by atoms with E-state index in [9.17, 15) is 9.90 Å². The number of unbranched alkanes of at least 4 members (excludes halogenated alkanes) is 19. The molecular weight excluding hydrogens is 360 g/mol. The van der Waals surface area contributed by atoms with Gasteiger partial charge in [0.15, 0.2) is 0 Å². The van der Waals surface area contributed by atoms with Crippen molar-refractivity contribution in [1.82, 2.24) is 0 Å². The highest BCUT2D eigenvalue weighted by atomic mass is 16.4. The van der Waals surface area contributed by atoms with E-state index < -0.39 is 5.97 Å². The van der Waals surface area contributed by atoms with Gasteiger partial charge in [-0.15, -0.1) is 0 Å². The molecule has 0 aromatic heterocycles. The van der Waals surface area contributed by atoms with Crippen LogP contribution in [0.1, 0.15) is 148 Å². The Morgan fingerprint density at radius 2 is 0.897 bits per heavy atom. The molecule has 0 bridgehead atoms. The molecule has 0 aliphatic carbocycles. The highest BCUT2D eigenvalue weighted by molar-refractivity contribution is 5.66. The third-order valence-corrected chi connectivity index (χ3v) is 5.78. The minimum absolute atomic E-state index is 0.0154. The van der Waals surface area contributed by atoms with Gasteiger partial charge in [-0.25, -0.2) is 0 Å². The van der Waals surface area contributed by atoms with E-state index in [1.54, 1.807) is 6.08 Å². The number of hydrogen-bond acceptors (Lipinski definition) is 2. The van der Waals surface area contributed by atoms with Gasteiger partial charge in [0.05, 0.1) is 12.2 Å². The Hall–Kier alpha value is -0.990. The van der Waals surface area contributed by atoms with Crippen molar-refractivity contribution < 1.29 is 15.0 Å². The van der Waals surface area contributed by atoms with Crippen LogP contribution >= 0.6 is 0 Å². The summed E-state index contributed by atoms with van der Waals surface area (Å²) in [7, 11) is 0. The largest absolute Gasteiger partial charge is 0.513 e. The fourth-order valence-electron chi connectivity index (χ4n) is 3.83. The number of carboxylic acids is 1. The number of allylic oxidation sites excluding steroid dienone is 2. The SMILES string of the molecule is CCCCCCCCCCCCCCCCCCCCCC=C(O)CCC(=O)O. The molecule has 3 nitrogen and oxygen atoms in total. The smallest absolute Gasteiger partial charge is 0.303 e. The van der Waals surface area contributed by atoms with Crippen LogP contribution in [0.5, 0.6) is 0 Å². The summed E-state index contributed by atoms with van der Waals surface area (Å²) in [5.74, 6) is -0.622. The lowest BCUT2D eigenvalue weighted by atomic mass is 10.0. The van der Waals surface area contributed by atoms with Crippen LogP contribution in [0.2, 0.25) is 0 Å². The number of rotatable bonds is 23.